The first-order valence-electron chi connectivity index (χ1n) is 8.17. The van der Waals surface area contributed by atoms with Gasteiger partial charge in [0.15, 0.2) is 0 Å². The Morgan fingerprint density at radius 3 is 2.39 bits per heavy atom. The highest BCUT2D eigenvalue weighted by molar-refractivity contribution is 7.89. The SMILES string of the molecule is Cc1cc(F)ncc1-c1cc2[nH]c(-c3ccc(S(N)(=O)=O)cc3)nc2cc1F. The van der Waals surface area contributed by atoms with Crippen LogP contribution < -0.4 is 5.14 Å². The maximum atomic E-state index is 14.6. The van der Waals surface area contributed by atoms with E-state index >= 15 is 0 Å². The fraction of sp³-hybridized carbons (Fsp3) is 0.0526. The molecule has 3 N–H and O–H groups in total. The van der Waals surface area contributed by atoms with Crippen LogP contribution in [0.3, 0.4) is 0 Å². The number of sulfonamides is 1. The summed E-state index contributed by atoms with van der Waals surface area (Å²) in [7, 11) is -3.79. The van der Waals surface area contributed by atoms with E-state index in [0.717, 1.165) is 0 Å². The Labute approximate surface area is 159 Å². The second-order valence-corrected chi connectivity index (χ2v) is 7.89. The lowest BCUT2D eigenvalue weighted by atomic mass is 10.0. The average Bonchev–Trinajstić information content (AvgIpc) is 3.03. The zero-order valence-electron chi connectivity index (χ0n) is 14.6. The monoisotopic (exact) mass is 400 g/mol. The Kier molecular flexibility index (Phi) is 4.20. The summed E-state index contributed by atoms with van der Waals surface area (Å²) >= 11 is 0. The summed E-state index contributed by atoms with van der Waals surface area (Å²) in [5, 5.41) is 5.10. The Hall–Kier alpha value is -3.17. The molecule has 0 aliphatic heterocycles. The van der Waals surface area contributed by atoms with Crippen molar-refractivity contribution in [3.63, 3.8) is 0 Å². The lowest BCUT2D eigenvalue weighted by molar-refractivity contribution is 0.582. The first-order valence-corrected chi connectivity index (χ1v) is 9.72. The van der Waals surface area contributed by atoms with Crippen LogP contribution in [0.25, 0.3) is 33.5 Å². The number of rotatable bonds is 3. The number of imidazole rings is 1. The molecule has 6 nitrogen and oxygen atoms in total. The van der Waals surface area contributed by atoms with Crippen LogP contribution in [0.4, 0.5) is 8.78 Å². The lowest BCUT2D eigenvalue weighted by Gasteiger charge is -2.07. The number of fused-ring (bicyclic) bond motifs is 1. The molecule has 28 heavy (non-hydrogen) atoms. The number of hydrogen-bond acceptors (Lipinski definition) is 4. The molecule has 2 aromatic heterocycles. The van der Waals surface area contributed by atoms with Gasteiger partial charge in [0.05, 0.1) is 15.9 Å². The molecule has 0 saturated heterocycles. The van der Waals surface area contributed by atoms with Gasteiger partial charge in [-0.2, -0.15) is 4.39 Å². The molecule has 0 saturated carbocycles. The van der Waals surface area contributed by atoms with Gasteiger partial charge in [-0.25, -0.2) is 27.9 Å². The smallest absolute Gasteiger partial charge is 0.238 e. The maximum absolute atomic E-state index is 14.6. The summed E-state index contributed by atoms with van der Waals surface area (Å²) in [5.74, 6) is -0.692. The molecule has 0 unspecified atom stereocenters. The van der Waals surface area contributed by atoms with E-state index in [1.54, 1.807) is 25.1 Å². The van der Waals surface area contributed by atoms with Crippen LogP contribution in [0.2, 0.25) is 0 Å². The summed E-state index contributed by atoms with van der Waals surface area (Å²) in [6.45, 7) is 1.68. The number of aryl methyl sites for hydroxylation is 1. The van der Waals surface area contributed by atoms with Gasteiger partial charge in [0.2, 0.25) is 16.0 Å². The van der Waals surface area contributed by atoms with Crippen LogP contribution in [0.15, 0.2) is 53.6 Å². The standard InChI is InChI=1S/C19H14F2N4O2S/c1-10-6-18(21)23-9-14(10)13-7-16-17(8-15(13)20)25-19(24-16)11-2-4-12(5-3-11)28(22,26)27/h2-9H,1H3,(H,24,25)(H2,22,26,27). The molecule has 2 aromatic carbocycles. The quantitative estimate of drug-likeness (QED) is 0.514. The number of nitrogens with zero attached hydrogens (tertiary/aromatic N) is 2. The summed E-state index contributed by atoms with van der Waals surface area (Å²) < 4.78 is 50.6. The summed E-state index contributed by atoms with van der Waals surface area (Å²) in [4.78, 5) is 11.0. The van der Waals surface area contributed by atoms with Gasteiger partial charge >= 0.3 is 0 Å². The summed E-state index contributed by atoms with van der Waals surface area (Å²) in [6.07, 6.45) is 1.29. The number of hydrogen-bond donors (Lipinski definition) is 2. The van der Waals surface area contributed by atoms with Gasteiger partial charge in [-0.1, -0.05) is 0 Å². The van der Waals surface area contributed by atoms with Crippen molar-refractivity contribution in [2.24, 2.45) is 5.14 Å². The minimum Gasteiger partial charge on any atom is -0.338 e. The van der Waals surface area contributed by atoms with Crippen molar-refractivity contribution in [1.29, 1.82) is 0 Å². The number of benzene rings is 2. The predicted molar refractivity (Wildman–Crippen MR) is 101 cm³/mol. The van der Waals surface area contributed by atoms with Crippen LogP contribution in [0.5, 0.6) is 0 Å². The van der Waals surface area contributed by atoms with E-state index < -0.39 is 21.8 Å². The van der Waals surface area contributed by atoms with Gasteiger partial charge in [0, 0.05) is 29.0 Å². The fourth-order valence-corrected chi connectivity index (χ4v) is 3.50. The Morgan fingerprint density at radius 1 is 1.04 bits per heavy atom. The van der Waals surface area contributed by atoms with Crippen molar-refractivity contribution < 1.29 is 17.2 Å². The molecule has 0 fully saturated rings. The molecule has 9 heteroatoms. The zero-order valence-corrected chi connectivity index (χ0v) is 15.4. The van der Waals surface area contributed by atoms with E-state index in [-0.39, 0.29) is 10.5 Å². The molecule has 0 aliphatic carbocycles. The second kappa shape index (κ2) is 6.47. The Morgan fingerprint density at radius 2 is 1.75 bits per heavy atom. The van der Waals surface area contributed by atoms with E-state index in [1.165, 1.54) is 30.5 Å². The van der Waals surface area contributed by atoms with Crippen LogP contribution >= 0.6 is 0 Å². The van der Waals surface area contributed by atoms with Crippen molar-refractivity contribution in [3.05, 3.63) is 66.0 Å². The molecule has 4 rings (SSSR count). The van der Waals surface area contributed by atoms with E-state index in [0.29, 0.717) is 33.5 Å². The molecule has 142 valence electrons. The third kappa shape index (κ3) is 3.25. The minimum absolute atomic E-state index is 0.0139. The summed E-state index contributed by atoms with van der Waals surface area (Å²) in [5.41, 5.74) is 2.91. The molecule has 0 aliphatic rings. The van der Waals surface area contributed by atoms with E-state index in [1.807, 2.05) is 0 Å². The minimum atomic E-state index is -3.79. The Balaban J connectivity index is 1.80. The third-order valence-electron chi connectivity index (χ3n) is 4.39. The molecule has 2 heterocycles. The third-order valence-corrected chi connectivity index (χ3v) is 5.32. The number of aromatic nitrogens is 3. The molecular weight excluding hydrogens is 386 g/mol. The van der Waals surface area contributed by atoms with Gasteiger partial charge in [-0.3, -0.25) is 0 Å². The highest BCUT2D eigenvalue weighted by Crippen LogP contribution is 2.30. The molecule has 0 atom stereocenters. The van der Waals surface area contributed by atoms with Gasteiger partial charge in [-0.15, -0.1) is 0 Å². The molecule has 0 amide bonds. The van der Waals surface area contributed by atoms with Crippen LogP contribution in [0, 0.1) is 18.7 Å². The van der Waals surface area contributed by atoms with Crippen molar-refractivity contribution in [1.82, 2.24) is 15.0 Å². The van der Waals surface area contributed by atoms with Crippen molar-refractivity contribution in [3.8, 4) is 22.5 Å². The van der Waals surface area contributed by atoms with Crippen LogP contribution in [-0.2, 0) is 10.0 Å². The molecule has 0 radical (unpaired) electrons. The maximum Gasteiger partial charge on any atom is 0.238 e. The van der Waals surface area contributed by atoms with Gasteiger partial charge in [0.25, 0.3) is 0 Å². The second-order valence-electron chi connectivity index (χ2n) is 6.33. The van der Waals surface area contributed by atoms with Gasteiger partial charge < -0.3 is 4.98 Å². The summed E-state index contributed by atoms with van der Waals surface area (Å²) in [6, 6.07) is 9.97. The first-order chi connectivity index (χ1) is 13.2. The number of pyridine rings is 1. The molecule has 0 bridgehead atoms. The number of nitrogens with two attached hydrogens (primary N) is 1. The Bertz CT molecular complexity index is 1320. The van der Waals surface area contributed by atoms with E-state index in [2.05, 4.69) is 15.0 Å². The normalized spacial score (nSPS) is 11.9. The number of aromatic amines is 1. The van der Waals surface area contributed by atoms with Crippen LogP contribution in [-0.4, -0.2) is 23.4 Å². The van der Waals surface area contributed by atoms with Gasteiger partial charge in [-0.05, 0) is 48.9 Å². The highest BCUT2D eigenvalue weighted by atomic mass is 32.2. The van der Waals surface area contributed by atoms with Crippen molar-refractivity contribution in [2.45, 2.75) is 11.8 Å². The number of H-pyrrole nitrogens is 1. The largest absolute Gasteiger partial charge is 0.338 e. The average molecular weight is 400 g/mol. The molecule has 4 aromatic rings. The van der Waals surface area contributed by atoms with E-state index in [9.17, 15) is 17.2 Å². The first kappa shape index (κ1) is 18.2. The topological polar surface area (TPSA) is 102 Å². The fourth-order valence-electron chi connectivity index (χ4n) is 2.98. The lowest BCUT2D eigenvalue weighted by Crippen LogP contribution is -2.11. The molecule has 0 spiro atoms. The van der Waals surface area contributed by atoms with Crippen molar-refractivity contribution >= 4 is 21.1 Å². The van der Waals surface area contributed by atoms with Gasteiger partial charge in [0.1, 0.15) is 11.6 Å². The van der Waals surface area contributed by atoms with Crippen molar-refractivity contribution in [2.75, 3.05) is 0 Å². The number of nitrogens with one attached hydrogen (secondary N) is 1. The zero-order chi connectivity index (χ0) is 20.1. The highest BCUT2D eigenvalue weighted by Gasteiger charge is 2.14. The number of halogens is 2. The molecular formula is C19H14F2N4O2S. The van der Waals surface area contributed by atoms with E-state index in [4.69, 9.17) is 5.14 Å². The number of primary sulfonamides is 1. The van der Waals surface area contributed by atoms with Crippen LogP contribution in [0.1, 0.15) is 5.56 Å². The predicted octanol–water partition coefficient (Wildman–Crippen LogP) is 3.53.